The molecule has 0 aromatic carbocycles. The first-order valence-corrected chi connectivity index (χ1v) is 5.26. The largest absolute Gasteiger partial charge is 0.314 e. The first kappa shape index (κ1) is 12.4. The van der Waals surface area contributed by atoms with Gasteiger partial charge in [0.2, 0.25) is 0 Å². The highest BCUT2D eigenvalue weighted by atomic mass is 14.9. The van der Waals surface area contributed by atoms with E-state index in [4.69, 9.17) is 0 Å². The average molecular weight is 181 g/mol. The van der Waals surface area contributed by atoms with E-state index in [9.17, 15) is 0 Å². The van der Waals surface area contributed by atoms with Crippen LogP contribution >= 0.6 is 0 Å². The van der Waals surface area contributed by atoms with Gasteiger partial charge in [0.1, 0.15) is 0 Å². The lowest BCUT2D eigenvalue weighted by atomic mass is 10.2. The maximum absolute atomic E-state index is 3.69. The Kier molecular flexibility index (Phi) is 9.12. The van der Waals surface area contributed by atoms with Crippen molar-refractivity contribution in [3.05, 3.63) is 24.8 Å². The quantitative estimate of drug-likeness (QED) is 0.447. The third kappa shape index (κ3) is 11.4. The van der Waals surface area contributed by atoms with Gasteiger partial charge in [-0.05, 0) is 32.2 Å². The summed E-state index contributed by atoms with van der Waals surface area (Å²) in [5.74, 6) is 0. The van der Waals surface area contributed by atoms with Crippen LogP contribution in [0, 0.1) is 0 Å². The fourth-order valence-electron chi connectivity index (χ4n) is 1.07. The fraction of sp³-hybridized carbons (Fsp3) is 0.667. The summed E-state index contributed by atoms with van der Waals surface area (Å²) in [6.07, 6.45) is 11.2. The molecule has 0 fully saturated rings. The van der Waals surface area contributed by atoms with E-state index in [1.807, 2.05) is 6.08 Å². The average Bonchev–Trinajstić information content (AvgIpc) is 2.09. The molecule has 1 N–H and O–H groups in total. The van der Waals surface area contributed by atoms with Crippen LogP contribution in [0.25, 0.3) is 0 Å². The second-order valence-corrected chi connectivity index (χ2v) is 3.59. The van der Waals surface area contributed by atoms with Gasteiger partial charge >= 0.3 is 0 Å². The van der Waals surface area contributed by atoms with Gasteiger partial charge in [0.25, 0.3) is 0 Å². The van der Waals surface area contributed by atoms with Crippen LogP contribution in [0.4, 0.5) is 0 Å². The maximum atomic E-state index is 3.69. The minimum atomic E-state index is 0.606. The summed E-state index contributed by atoms with van der Waals surface area (Å²) < 4.78 is 0. The number of hydrogen-bond donors (Lipinski definition) is 1. The van der Waals surface area contributed by atoms with Gasteiger partial charge in [0.15, 0.2) is 0 Å². The Morgan fingerprint density at radius 3 is 2.46 bits per heavy atom. The van der Waals surface area contributed by atoms with Gasteiger partial charge in [-0.15, -0.1) is 6.58 Å². The highest BCUT2D eigenvalue weighted by molar-refractivity contribution is 4.83. The Balaban J connectivity index is 3.07. The van der Waals surface area contributed by atoms with E-state index in [0.29, 0.717) is 6.04 Å². The molecule has 0 rings (SSSR count). The topological polar surface area (TPSA) is 12.0 Å². The second-order valence-electron chi connectivity index (χ2n) is 3.59. The summed E-state index contributed by atoms with van der Waals surface area (Å²) in [5, 5.41) is 3.38. The molecule has 0 saturated heterocycles. The highest BCUT2D eigenvalue weighted by Crippen LogP contribution is 1.97. The van der Waals surface area contributed by atoms with Crippen molar-refractivity contribution in [2.75, 3.05) is 6.54 Å². The van der Waals surface area contributed by atoms with Crippen molar-refractivity contribution in [3.8, 4) is 0 Å². The van der Waals surface area contributed by atoms with Gasteiger partial charge in [-0.1, -0.05) is 32.1 Å². The van der Waals surface area contributed by atoms with Crippen molar-refractivity contribution in [2.45, 2.75) is 45.6 Å². The second kappa shape index (κ2) is 9.53. The molecule has 0 heterocycles. The van der Waals surface area contributed by atoms with Crippen LogP contribution in [0.15, 0.2) is 24.8 Å². The van der Waals surface area contributed by atoms with E-state index >= 15 is 0 Å². The molecule has 0 amide bonds. The highest BCUT2D eigenvalue weighted by Gasteiger charge is 1.87. The third-order valence-electron chi connectivity index (χ3n) is 1.81. The molecule has 0 atom stereocenters. The van der Waals surface area contributed by atoms with Crippen molar-refractivity contribution in [1.29, 1.82) is 0 Å². The first-order valence-electron chi connectivity index (χ1n) is 5.26. The van der Waals surface area contributed by atoms with Crippen molar-refractivity contribution >= 4 is 0 Å². The van der Waals surface area contributed by atoms with E-state index in [1.54, 1.807) is 0 Å². The van der Waals surface area contributed by atoms with Crippen molar-refractivity contribution in [3.63, 3.8) is 0 Å². The van der Waals surface area contributed by atoms with Crippen LogP contribution in [0.5, 0.6) is 0 Å². The van der Waals surface area contributed by atoms with Gasteiger partial charge < -0.3 is 5.32 Å². The van der Waals surface area contributed by atoms with Gasteiger partial charge in [-0.3, -0.25) is 0 Å². The van der Waals surface area contributed by atoms with Crippen molar-refractivity contribution < 1.29 is 0 Å². The molecule has 1 heteroatoms. The third-order valence-corrected chi connectivity index (χ3v) is 1.81. The molecule has 0 radical (unpaired) electrons. The van der Waals surface area contributed by atoms with Gasteiger partial charge in [-0.25, -0.2) is 0 Å². The predicted octanol–water partition coefficient (Wildman–Crippen LogP) is 3.29. The Morgan fingerprint density at radius 2 is 1.85 bits per heavy atom. The first-order chi connectivity index (χ1) is 6.27. The molecule has 0 bridgehead atoms. The number of allylic oxidation sites excluding steroid dienone is 2. The monoisotopic (exact) mass is 181 g/mol. The van der Waals surface area contributed by atoms with Crippen molar-refractivity contribution in [1.82, 2.24) is 5.32 Å². The maximum Gasteiger partial charge on any atom is 0.00105 e. The molecule has 0 spiro atoms. The lowest BCUT2D eigenvalue weighted by molar-refractivity contribution is 0.594. The summed E-state index contributed by atoms with van der Waals surface area (Å²) in [6, 6.07) is 0.606. The zero-order valence-corrected chi connectivity index (χ0v) is 9.05. The normalized spacial score (nSPS) is 11.3. The predicted molar refractivity (Wildman–Crippen MR) is 60.9 cm³/mol. The summed E-state index contributed by atoms with van der Waals surface area (Å²) in [6.45, 7) is 9.13. The molecule has 76 valence electrons. The van der Waals surface area contributed by atoms with E-state index in [1.165, 1.54) is 12.8 Å². The van der Waals surface area contributed by atoms with E-state index in [-0.39, 0.29) is 0 Å². The summed E-state index contributed by atoms with van der Waals surface area (Å²) in [5.41, 5.74) is 0. The molecule has 13 heavy (non-hydrogen) atoms. The zero-order valence-electron chi connectivity index (χ0n) is 9.05. The summed E-state index contributed by atoms with van der Waals surface area (Å²) in [4.78, 5) is 0. The molecule has 0 saturated carbocycles. The van der Waals surface area contributed by atoms with Crippen LogP contribution in [0.1, 0.15) is 39.5 Å². The summed E-state index contributed by atoms with van der Waals surface area (Å²) in [7, 11) is 0. The SMILES string of the molecule is C=CCCCC=CCCNC(C)C. The number of rotatable bonds is 8. The Bertz CT molecular complexity index is 136. The molecular weight excluding hydrogens is 158 g/mol. The van der Waals surface area contributed by atoms with Crippen LogP contribution in [-0.2, 0) is 0 Å². The lowest BCUT2D eigenvalue weighted by Gasteiger charge is -2.04. The Morgan fingerprint density at radius 1 is 1.15 bits per heavy atom. The fourth-order valence-corrected chi connectivity index (χ4v) is 1.07. The minimum absolute atomic E-state index is 0.606. The molecule has 0 unspecified atom stereocenters. The molecule has 0 aliphatic carbocycles. The molecule has 1 nitrogen and oxygen atoms in total. The Hall–Kier alpha value is -0.560. The van der Waals surface area contributed by atoms with E-state index in [2.05, 4.69) is 37.9 Å². The van der Waals surface area contributed by atoms with Gasteiger partial charge in [0, 0.05) is 6.04 Å². The zero-order chi connectivity index (χ0) is 9.94. The van der Waals surface area contributed by atoms with E-state index < -0.39 is 0 Å². The van der Waals surface area contributed by atoms with Crippen LogP contribution in [-0.4, -0.2) is 12.6 Å². The number of nitrogens with one attached hydrogen (secondary N) is 1. The molecular formula is C12H23N. The van der Waals surface area contributed by atoms with Crippen LogP contribution in [0.3, 0.4) is 0 Å². The van der Waals surface area contributed by atoms with Crippen LogP contribution in [0.2, 0.25) is 0 Å². The molecule has 0 aliphatic rings. The standard InChI is InChI=1S/C12H23N/c1-4-5-6-7-8-9-10-11-13-12(2)3/h4,8-9,12-13H,1,5-7,10-11H2,2-3H3. The summed E-state index contributed by atoms with van der Waals surface area (Å²) >= 11 is 0. The molecule has 0 aromatic rings. The van der Waals surface area contributed by atoms with Crippen molar-refractivity contribution in [2.24, 2.45) is 0 Å². The number of unbranched alkanes of at least 4 members (excludes halogenated alkanes) is 2. The lowest BCUT2D eigenvalue weighted by Crippen LogP contribution is -2.23. The van der Waals surface area contributed by atoms with E-state index in [0.717, 1.165) is 19.4 Å². The van der Waals surface area contributed by atoms with Gasteiger partial charge in [0.05, 0.1) is 0 Å². The molecule has 0 aliphatic heterocycles. The smallest absolute Gasteiger partial charge is 0.00105 e. The van der Waals surface area contributed by atoms with Crippen LogP contribution < -0.4 is 5.32 Å². The van der Waals surface area contributed by atoms with Gasteiger partial charge in [-0.2, -0.15) is 0 Å². The Labute approximate surface area is 82.9 Å². The minimum Gasteiger partial charge on any atom is -0.314 e. The molecule has 0 aromatic heterocycles. The number of hydrogen-bond acceptors (Lipinski definition) is 1.